The summed E-state index contributed by atoms with van der Waals surface area (Å²) in [7, 11) is 0. The highest BCUT2D eigenvalue weighted by Crippen LogP contribution is 2.48. The first kappa shape index (κ1) is 20.3. The lowest BCUT2D eigenvalue weighted by Crippen LogP contribution is -2.32. The van der Waals surface area contributed by atoms with Gasteiger partial charge in [0.25, 0.3) is 5.91 Å². The fourth-order valence-electron chi connectivity index (χ4n) is 4.01. The molecule has 5 rings (SSSR count). The molecule has 2 atom stereocenters. The van der Waals surface area contributed by atoms with Crippen LogP contribution in [0.5, 0.6) is 0 Å². The molecular weight excluding hydrogens is 412 g/mol. The van der Waals surface area contributed by atoms with Gasteiger partial charge in [-0.05, 0) is 35.4 Å². The van der Waals surface area contributed by atoms with Gasteiger partial charge in [-0.3, -0.25) is 9.69 Å². The van der Waals surface area contributed by atoms with Gasteiger partial charge in [0.05, 0.1) is 11.2 Å². The molecular formula is C28H22N2OS. The zero-order chi connectivity index (χ0) is 21.8. The van der Waals surface area contributed by atoms with Crippen LogP contribution in [0.3, 0.4) is 0 Å². The van der Waals surface area contributed by atoms with Crippen LogP contribution in [0.2, 0.25) is 0 Å². The van der Waals surface area contributed by atoms with E-state index in [1.807, 2.05) is 109 Å². The molecule has 3 nitrogen and oxygen atoms in total. The molecule has 0 aliphatic carbocycles. The summed E-state index contributed by atoms with van der Waals surface area (Å²) in [5.41, 5.74) is 4.06. The number of amides is 1. The van der Waals surface area contributed by atoms with Crippen molar-refractivity contribution in [1.29, 1.82) is 0 Å². The number of rotatable bonds is 4. The highest BCUT2D eigenvalue weighted by Gasteiger charge is 2.38. The van der Waals surface area contributed by atoms with Crippen molar-refractivity contribution in [1.82, 2.24) is 0 Å². The van der Waals surface area contributed by atoms with Crippen LogP contribution in [-0.2, 0) is 4.79 Å². The van der Waals surface area contributed by atoms with Crippen molar-refractivity contribution in [3.05, 3.63) is 132 Å². The van der Waals surface area contributed by atoms with Gasteiger partial charge in [0.2, 0.25) is 0 Å². The second-order valence-electron chi connectivity index (χ2n) is 7.58. The molecule has 0 bridgehead atoms. The summed E-state index contributed by atoms with van der Waals surface area (Å²) < 4.78 is 0. The van der Waals surface area contributed by atoms with Crippen molar-refractivity contribution in [3.63, 3.8) is 0 Å². The van der Waals surface area contributed by atoms with E-state index in [4.69, 9.17) is 0 Å². The quantitative estimate of drug-likeness (QED) is 0.347. The third-order valence-corrected chi connectivity index (χ3v) is 6.80. The zero-order valence-corrected chi connectivity index (χ0v) is 18.2. The van der Waals surface area contributed by atoms with Gasteiger partial charge in [0, 0.05) is 11.4 Å². The largest absolute Gasteiger partial charge is 0.289 e. The first-order valence-electron chi connectivity index (χ1n) is 10.6. The molecule has 32 heavy (non-hydrogen) atoms. The number of carbonyl (C=O) groups is 1. The number of thioether (sulfide) groups is 1. The molecule has 4 aromatic rings. The minimum atomic E-state index is -0.333. The van der Waals surface area contributed by atoms with Crippen LogP contribution in [0.1, 0.15) is 22.3 Å². The summed E-state index contributed by atoms with van der Waals surface area (Å²) in [6.45, 7) is 0. The van der Waals surface area contributed by atoms with E-state index in [-0.39, 0.29) is 17.1 Å². The average Bonchev–Trinajstić information content (AvgIpc) is 2.86. The van der Waals surface area contributed by atoms with Crippen LogP contribution in [0.15, 0.2) is 126 Å². The van der Waals surface area contributed by atoms with Crippen LogP contribution in [0.4, 0.5) is 11.4 Å². The Morgan fingerprint density at radius 2 is 1.03 bits per heavy atom. The number of hydrogen-bond donors (Lipinski definition) is 0. The molecule has 0 fully saturated rings. The fourth-order valence-corrected chi connectivity index (χ4v) is 5.40. The van der Waals surface area contributed by atoms with Gasteiger partial charge in [0.15, 0.2) is 5.17 Å². The molecule has 4 heteroatoms. The molecule has 0 saturated carbocycles. The van der Waals surface area contributed by atoms with Crippen molar-refractivity contribution in [2.24, 2.45) is 4.99 Å². The number of anilines is 2. The summed E-state index contributed by atoms with van der Waals surface area (Å²) in [5.74, 6) is -0.448. The van der Waals surface area contributed by atoms with Crippen molar-refractivity contribution in [3.8, 4) is 0 Å². The van der Waals surface area contributed by atoms with Gasteiger partial charge in [0.1, 0.15) is 0 Å². The van der Waals surface area contributed by atoms with Gasteiger partial charge < -0.3 is 0 Å². The Bertz CT molecular complexity index is 1170. The van der Waals surface area contributed by atoms with Crippen molar-refractivity contribution in [2.45, 2.75) is 11.2 Å². The molecule has 1 amide bonds. The molecule has 1 aliphatic rings. The normalized spacial score (nSPS) is 18.1. The fraction of sp³-hybridized carbons (Fsp3) is 0.0714. The van der Waals surface area contributed by atoms with Crippen LogP contribution < -0.4 is 4.90 Å². The topological polar surface area (TPSA) is 32.7 Å². The van der Waals surface area contributed by atoms with E-state index in [0.29, 0.717) is 5.17 Å². The Kier molecular flexibility index (Phi) is 5.86. The molecule has 156 valence electrons. The molecule has 0 N–H and O–H groups in total. The predicted molar refractivity (Wildman–Crippen MR) is 133 cm³/mol. The number of benzene rings is 4. The van der Waals surface area contributed by atoms with E-state index >= 15 is 0 Å². The maximum atomic E-state index is 13.5. The van der Waals surface area contributed by atoms with Crippen molar-refractivity contribution < 1.29 is 4.79 Å². The summed E-state index contributed by atoms with van der Waals surface area (Å²) in [6, 6.07) is 40.4. The minimum absolute atomic E-state index is 0.0754. The maximum absolute atomic E-state index is 13.5. The predicted octanol–water partition coefficient (Wildman–Crippen LogP) is 6.98. The smallest absolute Gasteiger partial charge is 0.257 e. The van der Waals surface area contributed by atoms with Gasteiger partial charge in [-0.15, -0.1) is 0 Å². The molecule has 1 heterocycles. The van der Waals surface area contributed by atoms with Crippen molar-refractivity contribution in [2.75, 3.05) is 4.90 Å². The van der Waals surface area contributed by atoms with Crippen LogP contribution in [0, 0.1) is 0 Å². The average molecular weight is 435 g/mol. The highest BCUT2D eigenvalue weighted by molar-refractivity contribution is 8.14. The monoisotopic (exact) mass is 434 g/mol. The standard InChI is InChI=1S/C28H22N2OS/c31-27-25(21-13-5-1-6-14-21)26(22-15-7-2-8-16-22)32-28(29-27)30(23-17-9-3-10-18-23)24-19-11-4-12-20-24/h1-20,25-26H. The maximum Gasteiger partial charge on any atom is 0.257 e. The summed E-state index contributed by atoms with van der Waals surface area (Å²) in [6.07, 6.45) is 0. The van der Waals surface area contributed by atoms with Crippen LogP contribution in [0.25, 0.3) is 0 Å². The third-order valence-electron chi connectivity index (χ3n) is 5.51. The minimum Gasteiger partial charge on any atom is -0.289 e. The Morgan fingerprint density at radius 1 is 0.594 bits per heavy atom. The van der Waals surface area contributed by atoms with Gasteiger partial charge in [-0.25, -0.2) is 0 Å². The van der Waals surface area contributed by atoms with Gasteiger partial charge >= 0.3 is 0 Å². The van der Waals surface area contributed by atoms with Gasteiger partial charge in [-0.1, -0.05) is 109 Å². The molecule has 0 spiro atoms. The second-order valence-corrected chi connectivity index (χ2v) is 8.69. The molecule has 4 aromatic carbocycles. The second kappa shape index (κ2) is 9.25. The van der Waals surface area contributed by atoms with E-state index in [9.17, 15) is 4.79 Å². The van der Waals surface area contributed by atoms with Crippen molar-refractivity contribution >= 4 is 34.2 Å². The van der Waals surface area contributed by atoms with E-state index in [1.165, 1.54) is 0 Å². The molecule has 0 saturated heterocycles. The number of hydrogen-bond acceptors (Lipinski definition) is 3. The van der Waals surface area contributed by atoms with E-state index in [0.717, 1.165) is 22.5 Å². The Morgan fingerprint density at radius 3 is 1.53 bits per heavy atom. The summed E-state index contributed by atoms with van der Waals surface area (Å²) >= 11 is 1.64. The van der Waals surface area contributed by atoms with E-state index in [2.05, 4.69) is 22.0 Å². The zero-order valence-electron chi connectivity index (χ0n) is 17.4. The Labute approximate surface area is 192 Å². The van der Waals surface area contributed by atoms with Crippen LogP contribution in [-0.4, -0.2) is 11.1 Å². The summed E-state index contributed by atoms with van der Waals surface area (Å²) in [5, 5.41) is 0.613. The lowest BCUT2D eigenvalue weighted by molar-refractivity contribution is -0.119. The first-order valence-corrected chi connectivity index (χ1v) is 11.5. The third kappa shape index (κ3) is 4.10. The Balaban J connectivity index is 1.63. The molecule has 2 unspecified atom stereocenters. The molecule has 0 aromatic heterocycles. The highest BCUT2D eigenvalue weighted by atomic mass is 32.2. The number of nitrogens with zero attached hydrogens (tertiary/aromatic N) is 2. The Hall–Kier alpha value is -3.63. The number of aliphatic imine (C=N–C) groups is 1. The molecule has 1 aliphatic heterocycles. The van der Waals surface area contributed by atoms with E-state index < -0.39 is 0 Å². The number of carbonyl (C=O) groups excluding carboxylic acids is 1. The summed E-state index contributed by atoms with van der Waals surface area (Å²) in [4.78, 5) is 20.2. The first-order chi connectivity index (χ1) is 15.8. The number of amidine groups is 1. The number of para-hydroxylation sites is 2. The SMILES string of the molecule is O=C1N=C(N(c2ccccc2)c2ccccc2)SC(c2ccccc2)C1c1ccccc1. The van der Waals surface area contributed by atoms with Gasteiger partial charge in [-0.2, -0.15) is 4.99 Å². The van der Waals surface area contributed by atoms with E-state index in [1.54, 1.807) is 11.8 Å². The molecule has 0 radical (unpaired) electrons. The lowest BCUT2D eigenvalue weighted by Gasteiger charge is -2.34. The lowest BCUT2D eigenvalue weighted by atomic mass is 9.90. The van der Waals surface area contributed by atoms with Crippen LogP contribution >= 0.6 is 11.8 Å².